The number of amides is 6. The molecule has 3 aliphatic heterocycles. The molecule has 12 N–H and O–H groups in total. The van der Waals surface area contributed by atoms with E-state index in [-0.39, 0.29) is 67.1 Å². The fourth-order valence-corrected chi connectivity index (χ4v) is 8.07. The van der Waals surface area contributed by atoms with Crippen LogP contribution in [0.4, 0.5) is 5.69 Å². The summed E-state index contributed by atoms with van der Waals surface area (Å²) in [5.41, 5.74) is 5.57. The van der Waals surface area contributed by atoms with Crippen LogP contribution in [0.2, 0.25) is 0 Å². The Morgan fingerprint density at radius 3 is 2.32 bits per heavy atom. The van der Waals surface area contributed by atoms with Crippen molar-refractivity contribution in [2.75, 3.05) is 31.6 Å². The van der Waals surface area contributed by atoms with Crippen LogP contribution in [0, 0.1) is 0 Å². The Bertz CT molecular complexity index is 1680. The van der Waals surface area contributed by atoms with Gasteiger partial charge >= 0.3 is 11.9 Å². The van der Waals surface area contributed by atoms with Gasteiger partial charge in [-0.1, -0.05) is 6.58 Å². The summed E-state index contributed by atoms with van der Waals surface area (Å²) in [6.07, 6.45) is 2.57. The molecule has 6 amide bonds. The van der Waals surface area contributed by atoms with E-state index in [1.807, 2.05) is 11.8 Å². The molecule has 4 rings (SSSR count). The molecule has 0 aromatic heterocycles. The number of rotatable bonds is 17. The number of nitrogens with one attached hydrogen (secondary N) is 8. The summed E-state index contributed by atoms with van der Waals surface area (Å²) in [4.78, 5) is 102. The van der Waals surface area contributed by atoms with E-state index in [1.54, 1.807) is 0 Å². The van der Waals surface area contributed by atoms with Crippen molar-refractivity contribution in [1.82, 2.24) is 37.2 Å². The molecule has 312 valence electrons. The molecule has 2 saturated heterocycles. The van der Waals surface area contributed by atoms with E-state index in [1.165, 1.54) is 18.2 Å². The average molecular weight is 818 g/mol. The fraction of sp³-hybridized carbons (Fsp3) is 0.556. The number of carbonyl (C=O) groups excluding carboxylic acids is 6. The lowest BCUT2D eigenvalue weighted by Gasteiger charge is -2.26. The van der Waals surface area contributed by atoms with Gasteiger partial charge in [0.15, 0.2) is 0 Å². The Morgan fingerprint density at radius 1 is 0.842 bits per heavy atom. The van der Waals surface area contributed by atoms with Gasteiger partial charge in [0.2, 0.25) is 29.5 Å². The number of carboxylic acid groups (broad SMARTS) is 2. The number of unbranched alkanes of at least 4 members (excludes halogenated alkanes) is 1. The maximum absolute atomic E-state index is 13.8. The summed E-state index contributed by atoms with van der Waals surface area (Å²) in [7, 11) is 0. The first-order valence-electron chi connectivity index (χ1n) is 18.8. The zero-order valence-corrected chi connectivity index (χ0v) is 32.2. The molecule has 0 aliphatic carbocycles. The van der Waals surface area contributed by atoms with E-state index in [9.17, 15) is 43.5 Å². The van der Waals surface area contributed by atoms with Crippen molar-refractivity contribution in [1.29, 1.82) is 0 Å². The van der Waals surface area contributed by atoms with Gasteiger partial charge in [-0.25, -0.2) is 0 Å². The molecular weight excluding hydrogens is 767 g/mol. The highest BCUT2D eigenvalue weighted by atomic mass is 32.2. The highest BCUT2D eigenvalue weighted by molar-refractivity contribution is 8.00. The number of aliphatic carboxylic acids is 2. The normalized spacial score (nSPS) is 23.4. The van der Waals surface area contributed by atoms with E-state index in [0.717, 1.165) is 18.7 Å². The van der Waals surface area contributed by atoms with Crippen LogP contribution >= 0.6 is 11.8 Å². The van der Waals surface area contributed by atoms with Crippen LogP contribution in [0.5, 0.6) is 5.75 Å². The van der Waals surface area contributed by atoms with Crippen LogP contribution in [0.3, 0.4) is 0 Å². The predicted molar refractivity (Wildman–Crippen MR) is 207 cm³/mol. The lowest BCUT2D eigenvalue weighted by Crippen LogP contribution is -2.57. The average Bonchev–Trinajstić information content (AvgIpc) is 3.70. The van der Waals surface area contributed by atoms with Crippen LogP contribution < -0.4 is 53.0 Å². The fourth-order valence-electron chi connectivity index (χ4n) is 6.45. The summed E-state index contributed by atoms with van der Waals surface area (Å²) < 4.78 is 5.85. The second-order valence-corrected chi connectivity index (χ2v) is 15.3. The van der Waals surface area contributed by atoms with E-state index in [2.05, 4.69) is 49.1 Å². The smallest absolute Gasteiger partial charge is 0.322 e. The molecule has 6 atom stereocenters. The Morgan fingerprint density at radius 2 is 1.60 bits per heavy atom. The highest BCUT2D eigenvalue weighted by Gasteiger charge is 2.39. The van der Waals surface area contributed by atoms with Gasteiger partial charge in [0.1, 0.15) is 30.4 Å². The second kappa shape index (κ2) is 21.7. The molecule has 2 fully saturated rings. The van der Waals surface area contributed by atoms with Gasteiger partial charge in [-0.2, -0.15) is 0 Å². The van der Waals surface area contributed by atoms with E-state index >= 15 is 0 Å². The number of ether oxygens (including phenoxy) is 1. The number of nitrogens with two attached hydrogens (primary N) is 1. The quantitative estimate of drug-likeness (QED) is 0.0825. The van der Waals surface area contributed by atoms with Crippen LogP contribution in [-0.4, -0.2) is 119 Å². The van der Waals surface area contributed by atoms with Crippen LogP contribution in [-0.2, 0) is 33.6 Å². The standard InChI is InChI=1S/C36H51N9O11S/c1-19-40-26-16-21(57-36(26)41-19)5-4-7-28(46)38-17-29(47)42-20-8-10-27-22(15-20)32(52)43-24(9-11-30(48)49)35(55)44-23(6-2-3-13-37)34(54)45-25(12-14-56-27)33(53)39-18-31(50)51/h8,10,15,21,23-26,36,40-41H,1-7,9,11-14,16-18,37H2,(H,38,46)(H,39,53)(H,42,47)(H,43,52)(H,44,55)(H,45,54)(H,48,49)(H,50,51)/t21?,23-,24-,25?,26+,36-/m0/s1. The molecule has 0 bridgehead atoms. The summed E-state index contributed by atoms with van der Waals surface area (Å²) in [6.45, 7) is 2.84. The molecule has 0 spiro atoms. The van der Waals surface area contributed by atoms with Gasteiger partial charge in [0.05, 0.1) is 36.0 Å². The topological polar surface area (TPSA) is 309 Å². The van der Waals surface area contributed by atoms with Crippen LogP contribution in [0.25, 0.3) is 0 Å². The molecule has 1 aromatic carbocycles. The van der Waals surface area contributed by atoms with Crippen molar-refractivity contribution in [3.05, 3.63) is 36.2 Å². The summed E-state index contributed by atoms with van der Waals surface area (Å²) in [5, 5.41) is 40.7. The first kappa shape index (κ1) is 44.1. The molecule has 0 saturated carbocycles. The van der Waals surface area contributed by atoms with Gasteiger partial charge in [0, 0.05) is 30.2 Å². The van der Waals surface area contributed by atoms with Crippen molar-refractivity contribution >= 4 is 64.8 Å². The molecule has 0 radical (unpaired) electrons. The largest absolute Gasteiger partial charge is 0.493 e. The van der Waals surface area contributed by atoms with Gasteiger partial charge < -0.3 is 63.2 Å². The lowest BCUT2D eigenvalue weighted by atomic mass is 10.0. The molecule has 2 unspecified atom stereocenters. The zero-order valence-electron chi connectivity index (χ0n) is 31.4. The van der Waals surface area contributed by atoms with Crippen molar-refractivity contribution in [2.24, 2.45) is 5.73 Å². The highest BCUT2D eigenvalue weighted by Crippen LogP contribution is 2.38. The Kier molecular flexibility index (Phi) is 16.8. The number of anilines is 1. The third-order valence-electron chi connectivity index (χ3n) is 9.34. The Hall–Kier alpha value is -5.57. The maximum atomic E-state index is 13.8. The SMILES string of the molecule is C=C1N[C@@H]2CC(CCCC(=O)NCC(=O)Nc3ccc4c(c3)C(=O)N[C@@H](CCC(=O)O)C(=O)N[C@@H](CCCCN)C(=O)NC(C(=O)NCC(=O)O)CCO4)S[C@@H]2N1. The minimum atomic E-state index is -1.45. The molecule has 21 heteroatoms. The van der Waals surface area contributed by atoms with Crippen LogP contribution in [0.15, 0.2) is 30.6 Å². The molecule has 3 heterocycles. The number of carboxylic acids is 2. The minimum Gasteiger partial charge on any atom is -0.493 e. The third kappa shape index (κ3) is 14.1. The second-order valence-electron chi connectivity index (χ2n) is 13.8. The zero-order chi connectivity index (χ0) is 41.5. The molecule has 3 aliphatic rings. The predicted octanol–water partition coefficient (Wildman–Crippen LogP) is -1.18. The van der Waals surface area contributed by atoms with E-state index in [0.29, 0.717) is 37.1 Å². The molecule has 1 aromatic rings. The Balaban J connectivity index is 1.45. The monoisotopic (exact) mass is 817 g/mol. The van der Waals surface area contributed by atoms with Gasteiger partial charge in [-0.05, 0) is 69.7 Å². The van der Waals surface area contributed by atoms with Crippen molar-refractivity contribution in [2.45, 2.75) is 99.0 Å². The van der Waals surface area contributed by atoms with Gasteiger partial charge in [-0.3, -0.25) is 38.4 Å². The number of benzene rings is 1. The summed E-state index contributed by atoms with van der Waals surface area (Å²) in [6, 6.07) is 0.358. The van der Waals surface area contributed by atoms with Gasteiger partial charge in [-0.15, -0.1) is 11.8 Å². The third-order valence-corrected chi connectivity index (χ3v) is 10.9. The number of hydrogen-bond acceptors (Lipinski definition) is 13. The molecule has 20 nitrogen and oxygen atoms in total. The number of carbonyl (C=O) groups is 8. The van der Waals surface area contributed by atoms with Crippen molar-refractivity contribution in [3.63, 3.8) is 0 Å². The van der Waals surface area contributed by atoms with Crippen molar-refractivity contribution < 1.29 is 53.3 Å². The van der Waals surface area contributed by atoms with E-state index in [4.69, 9.17) is 15.6 Å². The number of fused-ring (bicyclic) bond motifs is 2. The number of hydrogen-bond donors (Lipinski definition) is 11. The molecule has 57 heavy (non-hydrogen) atoms. The Labute approximate surface area is 333 Å². The first-order chi connectivity index (χ1) is 27.2. The molecular formula is C36H51N9O11S. The van der Waals surface area contributed by atoms with E-state index < -0.39 is 72.6 Å². The van der Waals surface area contributed by atoms with Gasteiger partial charge in [0.25, 0.3) is 5.91 Å². The number of thioether (sulfide) groups is 1. The summed E-state index contributed by atoms with van der Waals surface area (Å²) in [5.74, 6) is -6.06. The first-order valence-corrected chi connectivity index (χ1v) is 19.7. The van der Waals surface area contributed by atoms with Crippen LogP contribution in [0.1, 0.15) is 74.6 Å². The maximum Gasteiger partial charge on any atom is 0.322 e. The summed E-state index contributed by atoms with van der Waals surface area (Å²) >= 11 is 1.82. The minimum absolute atomic E-state index is 0.0514. The van der Waals surface area contributed by atoms with Crippen molar-refractivity contribution in [3.8, 4) is 5.75 Å². The lowest BCUT2D eigenvalue weighted by molar-refractivity contribution is -0.139.